The van der Waals surface area contributed by atoms with E-state index in [1.165, 1.54) is 0 Å². The summed E-state index contributed by atoms with van der Waals surface area (Å²) in [7, 11) is 1.55. The number of nitrogens with two attached hydrogens (primary N) is 1. The van der Waals surface area contributed by atoms with Gasteiger partial charge in [0.05, 0.1) is 24.8 Å². The lowest BCUT2D eigenvalue weighted by Crippen LogP contribution is -2.39. The quantitative estimate of drug-likeness (QED) is 0.601. The number of nitrogens with one attached hydrogen (secondary N) is 1. The van der Waals surface area contributed by atoms with Crippen molar-refractivity contribution in [3.8, 4) is 5.75 Å². The maximum Gasteiger partial charge on any atom is 0.259 e. The zero-order valence-corrected chi connectivity index (χ0v) is 18.7. The topological polar surface area (TPSA) is 97.5 Å². The highest BCUT2D eigenvalue weighted by Gasteiger charge is 2.25. The molecule has 1 saturated heterocycles. The molecule has 4 rings (SSSR count). The minimum absolute atomic E-state index is 0.149. The predicted molar refractivity (Wildman–Crippen MR) is 128 cm³/mol. The second kappa shape index (κ2) is 10.2. The van der Waals surface area contributed by atoms with Crippen LogP contribution < -0.4 is 15.8 Å². The number of likely N-dealkylation sites (tertiary alicyclic amines) is 1. The average Bonchev–Trinajstić information content (AvgIpc) is 2.85. The number of nitrogen functional groups attached to an aromatic ring is 1. The average molecular weight is 445 g/mol. The van der Waals surface area contributed by atoms with Crippen molar-refractivity contribution < 1.29 is 14.3 Å². The zero-order valence-electron chi connectivity index (χ0n) is 18.7. The lowest BCUT2D eigenvalue weighted by molar-refractivity contribution is -0.131. The Morgan fingerprint density at radius 2 is 1.73 bits per heavy atom. The van der Waals surface area contributed by atoms with Crippen LogP contribution in [0.25, 0.3) is 0 Å². The molecule has 7 nitrogen and oxygen atoms in total. The Labute approximate surface area is 193 Å². The highest BCUT2D eigenvalue weighted by atomic mass is 16.5. The summed E-state index contributed by atoms with van der Waals surface area (Å²) in [6.45, 7) is 1.38. The molecule has 0 atom stereocenters. The van der Waals surface area contributed by atoms with Crippen molar-refractivity contribution >= 4 is 23.3 Å². The molecule has 0 aliphatic carbocycles. The third-order valence-electron chi connectivity index (χ3n) is 6.01. The number of hydrogen-bond acceptors (Lipinski definition) is 5. The Bertz CT molecular complexity index is 1130. The lowest BCUT2D eigenvalue weighted by atomic mass is 9.92. The van der Waals surface area contributed by atoms with Crippen LogP contribution in [0.1, 0.15) is 40.4 Å². The molecular formula is C26H28N4O3. The highest BCUT2D eigenvalue weighted by molar-refractivity contribution is 6.07. The second-order valence-corrected chi connectivity index (χ2v) is 8.14. The standard InChI is InChI=1S/C26H28N4O3/c1-33-23-10-6-5-9-22(23)29-26(32)20-11-12-21(28-25(20)27)19-13-15-30(16-14-19)24(31)17-18-7-3-2-4-8-18/h2-12,19H,13-17H2,1H3,(H2,27,28)(H,29,32). The largest absolute Gasteiger partial charge is 0.495 e. The SMILES string of the molecule is COc1ccccc1NC(=O)c1ccc(C2CCN(C(=O)Cc3ccccc3)CC2)nc1N. The molecule has 3 aromatic rings. The molecule has 1 aliphatic rings. The van der Waals surface area contributed by atoms with Crippen LogP contribution in [-0.2, 0) is 11.2 Å². The fourth-order valence-electron chi connectivity index (χ4n) is 4.15. The fourth-order valence-corrected chi connectivity index (χ4v) is 4.15. The van der Waals surface area contributed by atoms with Crippen molar-refractivity contribution in [2.24, 2.45) is 0 Å². The van der Waals surface area contributed by atoms with Crippen LogP contribution in [-0.4, -0.2) is 41.9 Å². The molecule has 2 heterocycles. The van der Waals surface area contributed by atoms with Crippen molar-refractivity contribution in [2.45, 2.75) is 25.2 Å². The minimum Gasteiger partial charge on any atom is -0.495 e. The van der Waals surface area contributed by atoms with Crippen molar-refractivity contribution in [3.05, 3.63) is 83.6 Å². The number of hydrogen-bond donors (Lipinski definition) is 2. The van der Waals surface area contributed by atoms with Crippen molar-refractivity contribution in [1.29, 1.82) is 0 Å². The summed E-state index contributed by atoms with van der Waals surface area (Å²) >= 11 is 0. The number of methoxy groups -OCH3 is 1. The number of aromatic nitrogens is 1. The van der Waals surface area contributed by atoms with Crippen LogP contribution >= 0.6 is 0 Å². The third-order valence-corrected chi connectivity index (χ3v) is 6.01. The van der Waals surface area contributed by atoms with Gasteiger partial charge in [-0.15, -0.1) is 0 Å². The van der Waals surface area contributed by atoms with Gasteiger partial charge in [0.1, 0.15) is 11.6 Å². The Morgan fingerprint density at radius 3 is 2.42 bits per heavy atom. The van der Waals surface area contributed by atoms with E-state index in [1.807, 2.05) is 53.4 Å². The molecule has 170 valence electrons. The van der Waals surface area contributed by atoms with E-state index in [9.17, 15) is 9.59 Å². The molecule has 3 N–H and O–H groups in total. The second-order valence-electron chi connectivity index (χ2n) is 8.14. The van der Waals surface area contributed by atoms with Crippen LogP contribution in [0.15, 0.2) is 66.7 Å². The monoisotopic (exact) mass is 444 g/mol. The van der Waals surface area contributed by atoms with Crippen molar-refractivity contribution in [1.82, 2.24) is 9.88 Å². The first-order valence-corrected chi connectivity index (χ1v) is 11.1. The number of rotatable bonds is 6. The lowest BCUT2D eigenvalue weighted by Gasteiger charge is -2.32. The zero-order chi connectivity index (χ0) is 23.2. The van der Waals surface area contributed by atoms with Gasteiger partial charge in [0.15, 0.2) is 0 Å². The van der Waals surface area contributed by atoms with E-state index in [0.717, 1.165) is 24.1 Å². The molecule has 0 radical (unpaired) electrons. The van der Waals surface area contributed by atoms with E-state index in [0.29, 0.717) is 36.5 Å². The van der Waals surface area contributed by atoms with Crippen LogP contribution in [0.3, 0.4) is 0 Å². The summed E-state index contributed by atoms with van der Waals surface area (Å²) in [4.78, 5) is 31.8. The Hall–Kier alpha value is -3.87. The Kier molecular flexibility index (Phi) is 6.88. The number of carbonyl (C=O) groups is 2. The summed E-state index contributed by atoms with van der Waals surface area (Å²) in [5, 5.41) is 2.83. The number of ether oxygens (including phenoxy) is 1. The first-order chi connectivity index (χ1) is 16.0. The molecular weight excluding hydrogens is 416 g/mol. The van der Waals surface area contributed by atoms with Gasteiger partial charge in [0.25, 0.3) is 5.91 Å². The number of amides is 2. The van der Waals surface area contributed by atoms with E-state index in [2.05, 4.69) is 10.3 Å². The third kappa shape index (κ3) is 5.31. The van der Waals surface area contributed by atoms with E-state index in [4.69, 9.17) is 10.5 Å². The van der Waals surface area contributed by atoms with Gasteiger partial charge < -0.3 is 20.7 Å². The number of nitrogens with zero attached hydrogens (tertiary/aromatic N) is 2. The summed E-state index contributed by atoms with van der Waals surface area (Å²) in [6, 6.07) is 20.6. The number of pyridine rings is 1. The minimum atomic E-state index is -0.336. The van der Waals surface area contributed by atoms with E-state index in [1.54, 1.807) is 25.3 Å². The Morgan fingerprint density at radius 1 is 1.03 bits per heavy atom. The molecule has 7 heteroatoms. The number of piperidine rings is 1. The highest BCUT2D eigenvalue weighted by Crippen LogP contribution is 2.29. The summed E-state index contributed by atoms with van der Waals surface area (Å²) < 4.78 is 5.28. The van der Waals surface area contributed by atoms with Crippen molar-refractivity contribution in [2.75, 3.05) is 31.2 Å². The molecule has 33 heavy (non-hydrogen) atoms. The molecule has 1 fully saturated rings. The van der Waals surface area contributed by atoms with Gasteiger partial charge in [0, 0.05) is 24.7 Å². The molecule has 0 bridgehead atoms. The molecule has 2 amide bonds. The summed E-state index contributed by atoms with van der Waals surface area (Å²) in [5.41, 5.74) is 8.92. The molecule has 0 unspecified atom stereocenters. The first kappa shape index (κ1) is 22.3. The fraction of sp³-hybridized carbons (Fsp3) is 0.269. The molecule has 1 aliphatic heterocycles. The van der Waals surface area contributed by atoms with Gasteiger partial charge in [-0.25, -0.2) is 4.98 Å². The summed E-state index contributed by atoms with van der Waals surface area (Å²) in [5.74, 6) is 0.789. The maximum atomic E-state index is 12.7. The van der Waals surface area contributed by atoms with Crippen LogP contribution in [0.2, 0.25) is 0 Å². The van der Waals surface area contributed by atoms with Gasteiger partial charge in [-0.05, 0) is 42.7 Å². The molecule has 2 aromatic carbocycles. The molecule has 0 spiro atoms. The smallest absolute Gasteiger partial charge is 0.259 e. The van der Waals surface area contributed by atoms with Gasteiger partial charge in [-0.2, -0.15) is 0 Å². The number of carbonyl (C=O) groups excluding carboxylic acids is 2. The van der Waals surface area contributed by atoms with Gasteiger partial charge >= 0.3 is 0 Å². The van der Waals surface area contributed by atoms with Gasteiger partial charge in [-0.3, -0.25) is 9.59 Å². The molecule has 1 aromatic heterocycles. The van der Waals surface area contributed by atoms with Crippen molar-refractivity contribution in [3.63, 3.8) is 0 Å². The van der Waals surface area contributed by atoms with E-state index in [-0.39, 0.29) is 23.6 Å². The van der Waals surface area contributed by atoms with Gasteiger partial charge in [-0.1, -0.05) is 42.5 Å². The van der Waals surface area contributed by atoms with Gasteiger partial charge in [0.2, 0.25) is 5.91 Å². The number of para-hydroxylation sites is 2. The first-order valence-electron chi connectivity index (χ1n) is 11.1. The van der Waals surface area contributed by atoms with Crippen LogP contribution in [0.4, 0.5) is 11.5 Å². The van der Waals surface area contributed by atoms with E-state index < -0.39 is 0 Å². The number of anilines is 2. The summed E-state index contributed by atoms with van der Waals surface area (Å²) in [6.07, 6.45) is 2.06. The van der Waals surface area contributed by atoms with E-state index >= 15 is 0 Å². The van der Waals surface area contributed by atoms with Crippen LogP contribution in [0, 0.1) is 0 Å². The number of benzene rings is 2. The predicted octanol–water partition coefficient (Wildman–Crippen LogP) is 3.87. The maximum absolute atomic E-state index is 12.7. The van der Waals surface area contributed by atoms with Crippen LogP contribution in [0.5, 0.6) is 5.75 Å². The normalized spacial score (nSPS) is 14.0. The Balaban J connectivity index is 1.36. The molecule has 0 saturated carbocycles.